The summed E-state index contributed by atoms with van der Waals surface area (Å²) in [6.07, 6.45) is 0. The SMILES string of the molecule is COP(O)N=[N+]=[N-]. The van der Waals surface area contributed by atoms with Gasteiger partial charge >= 0.3 is 0 Å². The Kier molecular flexibility index (Phi) is 3.65. The lowest BCUT2D eigenvalue weighted by Gasteiger charge is -1.92. The summed E-state index contributed by atoms with van der Waals surface area (Å²) in [5.74, 6) is 0. The molecule has 0 aliphatic heterocycles. The Hall–Kier alpha value is -0.340. The highest BCUT2D eigenvalue weighted by atomic mass is 31.2. The molecule has 0 radical (unpaired) electrons. The summed E-state index contributed by atoms with van der Waals surface area (Å²) in [7, 11) is -0.606. The lowest BCUT2D eigenvalue weighted by Crippen LogP contribution is -1.65. The molecule has 0 aromatic rings. The standard InChI is InChI=1S/CH4N3O2P/c1-6-7(5)4-3-2/h5H,1H3. The Balaban J connectivity index is 3.35. The molecule has 0 amide bonds. The third-order valence-electron chi connectivity index (χ3n) is 0.280. The molecule has 40 valence electrons. The molecule has 0 saturated carbocycles. The van der Waals surface area contributed by atoms with Gasteiger partial charge in [-0.05, 0) is 10.4 Å². The van der Waals surface area contributed by atoms with Crippen molar-refractivity contribution in [2.75, 3.05) is 7.11 Å². The molecule has 0 rings (SSSR count). The lowest BCUT2D eigenvalue weighted by molar-refractivity contribution is 0.391. The summed E-state index contributed by atoms with van der Waals surface area (Å²) < 4.78 is 4.19. The molecule has 1 unspecified atom stereocenters. The smallest absolute Gasteiger partial charge is 0.262 e. The van der Waals surface area contributed by atoms with E-state index < -0.39 is 8.53 Å². The Morgan fingerprint density at radius 2 is 2.57 bits per heavy atom. The topological polar surface area (TPSA) is 78.2 Å². The fraction of sp³-hybridized carbons (Fsp3) is 1.00. The molecule has 1 atom stereocenters. The van der Waals surface area contributed by atoms with Crippen molar-refractivity contribution < 1.29 is 9.42 Å². The maximum atomic E-state index is 8.28. The average Bonchev–Trinajstić information content (AvgIpc) is 1.68. The number of hydrogen-bond acceptors (Lipinski definition) is 3. The van der Waals surface area contributed by atoms with Gasteiger partial charge in [0.05, 0.1) is 0 Å². The predicted molar refractivity (Wildman–Crippen MR) is 25.3 cm³/mol. The monoisotopic (exact) mass is 121 g/mol. The third-order valence-corrected chi connectivity index (χ3v) is 0.839. The minimum Gasteiger partial charge on any atom is -0.345 e. The summed E-state index contributed by atoms with van der Waals surface area (Å²) in [4.78, 5) is 13.4. The van der Waals surface area contributed by atoms with Crippen LogP contribution < -0.4 is 0 Å². The molecule has 1 N–H and O–H groups in total. The van der Waals surface area contributed by atoms with Crippen LogP contribution in [-0.4, -0.2) is 12.0 Å². The quantitative estimate of drug-likeness (QED) is 0.257. The van der Waals surface area contributed by atoms with Gasteiger partial charge in [-0.25, -0.2) is 0 Å². The summed E-state index contributed by atoms with van der Waals surface area (Å²) in [5, 5.41) is 0. The first-order valence-corrected chi connectivity index (χ1v) is 2.56. The largest absolute Gasteiger partial charge is 0.345 e. The molecule has 0 aliphatic carbocycles. The number of rotatable bonds is 2. The van der Waals surface area contributed by atoms with Crippen LogP contribution in [0.4, 0.5) is 0 Å². The second kappa shape index (κ2) is 3.84. The summed E-state index contributed by atoms with van der Waals surface area (Å²) in [6.45, 7) is 0. The van der Waals surface area contributed by atoms with Crippen LogP contribution in [0.2, 0.25) is 0 Å². The van der Waals surface area contributed by atoms with Crippen molar-refractivity contribution in [1.29, 1.82) is 0 Å². The van der Waals surface area contributed by atoms with Crippen molar-refractivity contribution in [3.63, 3.8) is 0 Å². The minimum absolute atomic E-state index is 1.26. The first-order valence-electron chi connectivity index (χ1n) is 1.39. The van der Waals surface area contributed by atoms with E-state index in [0.29, 0.717) is 0 Å². The maximum Gasteiger partial charge on any atom is 0.262 e. The van der Waals surface area contributed by atoms with Crippen LogP contribution in [-0.2, 0) is 4.52 Å². The van der Waals surface area contributed by atoms with E-state index in [2.05, 4.69) is 14.3 Å². The highest BCUT2D eigenvalue weighted by Crippen LogP contribution is 2.30. The summed E-state index contributed by atoms with van der Waals surface area (Å²) in [6, 6.07) is 0. The normalized spacial score (nSPS) is 12.3. The molecule has 0 aliphatic rings. The van der Waals surface area contributed by atoms with Crippen molar-refractivity contribution in [3.8, 4) is 0 Å². The van der Waals surface area contributed by atoms with Gasteiger partial charge in [-0.15, -0.1) is 0 Å². The summed E-state index contributed by atoms with van der Waals surface area (Å²) in [5.41, 5.74) is 7.60. The summed E-state index contributed by atoms with van der Waals surface area (Å²) >= 11 is 0. The molecule has 5 nitrogen and oxygen atoms in total. The molecule has 0 bridgehead atoms. The van der Waals surface area contributed by atoms with E-state index in [1.54, 1.807) is 0 Å². The van der Waals surface area contributed by atoms with Gasteiger partial charge in [0.15, 0.2) is 0 Å². The first kappa shape index (κ1) is 6.66. The zero-order valence-corrected chi connectivity index (χ0v) is 4.54. The Morgan fingerprint density at radius 3 is 2.71 bits per heavy atom. The second-order valence-corrected chi connectivity index (χ2v) is 1.66. The number of nitrogens with zero attached hydrogens (tertiary/aromatic N) is 3. The second-order valence-electron chi connectivity index (χ2n) is 0.614. The Morgan fingerprint density at radius 1 is 2.00 bits per heavy atom. The molecule has 0 aromatic heterocycles. The van der Waals surface area contributed by atoms with E-state index in [1.165, 1.54) is 7.11 Å². The molecule has 0 fully saturated rings. The molecule has 0 spiro atoms. The number of azide groups is 1. The van der Waals surface area contributed by atoms with Crippen molar-refractivity contribution in [3.05, 3.63) is 10.4 Å². The van der Waals surface area contributed by atoms with Crippen LogP contribution >= 0.6 is 8.53 Å². The van der Waals surface area contributed by atoms with Crippen molar-refractivity contribution in [2.24, 2.45) is 4.88 Å². The van der Waals surface area contributed by atoms with Crippen molar-refractivity contribution >= 4 is 8.53 Å². The zero-order valence-electron chi connectivity index (χ0n) is 3.64. The fourth-order valence-corrected chi connectivity index (χ4v) is 0.212. The van der Waals surface area contributed by atoms with E-state index >= 15 is 0 Å². The molecule has 7 heavy (non-hydrogen) atoms. The van der Waals surface area contributed by atoms with Crippen LogP contribution in [0.1, 0.15) is 0 Å². The van der Waals surface area contributed by atoms with Crippen molar-refractivity contribution in [2.45, 2.75) is 0 Å². The van der Waals surface area contributed by atoms with E-state index in [1.807, 2.05) is 0 Å². The van der Waals surface area contributed by atoms with Crippen LogP contribution in [0.3, 0.4) is 0 Å². The van der Waals surface area contributed by atoms with Gasteiger partial charge in [0.2, 0.25) is 0 Å². The molecule has 0 aromatic carbocycles. The molecular weight excluding hydrogens is 117 g/mol. The van der Waals surface area contributed by atoms with Gasteiger partial charge in [0, 0.05) is 12.0 Å². The molecule has 0 heterocycles. The predicted octanol–water partition coefficient (Wildman–Crippen LogP) is 1.16. The van der Waals surface area contributed by atoms with Gasteiger partial charge < -0.3 is 9.42 Å². The van der Waals surface area contributed by atoms with Gasteiger partial charge in [-0.3, -0.25) is 0 Å². The first-order chi connectivity index (χ1) is 3.31. The molecule has 6 heteroatoms. The average molecular weight is 121 g/mol. The van der Waals surface area contributed by atoms with E-state index in [4.69, 9.17) is 10.4 Å². The van der Waals surface area contributed by atoms with Crippen LogP contribution in [0.25, 0.3) is 10.4 Å². The highest BCUT2D eigenvalue weighted by Gasteiger charge is 1.91. The van der Waals surface area contributed by atoms with E-state index in [0.717, 1.165) is 0 Å². The van der Waals surface area contributed by atoms with Crippen LogP contribution in [0.5, 0.6) is 0 Å². The van der Waals surface area contributed by atoms with Crippen molar-refractivity contribution in [1.82, 2.24) is 0 Å². The van der Waals surface area contributed by atoms with Crippen LogP contribution in [0.15, 0.2) is 4.88 Å². The van der Waals surface area contributed by atoms with E-state index in [9.17, 15) is 0 Å². The minimum atomic E-state index is -1.87. The fourth-order valence-electron chi connectivity index (χ4n) is 0.0707. The molecule has 0 saturated heterocycles. The lowest BCUT2D eigenvalue weighted by atomic mass is 11.8. The Bertz CT molecular complexity index is 88.9. The van der Waals surface area contributed by atoms with Gasteiger partial charge in [0.25, 0.3) is 8.53 Å². The Labute approximate surface area is 41.5 Å². The van der Waals surface area contributed by atoms with Gasteiger partial charge in [0.1, 0.15) is 0 Å². The van der Waals surface area contributed by atoms with Gasteiger partial charge in [-0.1, -0.05) is 0 Å². The maximum absolute atomic E-state index is 8.28. The van der Waals surface area contributed by atoms with Gasteiger partial charge in [-0.2, -0.15) is 0 Å². The van der Waals surface area contributed by atoms with Crippen LogP contribution in [0, 0.1) is 0 Å². The third kappa shape index (κ3) is 3.49. The van der Waals surface area contributed by atoms with E-state index in [-0.39, 0.29) is 0 Å². The number of hydrogen-bond donors (Lipinski definition) is 1. The zero-order chi connectivity index (χ0) is 5.70. The molecular formula is CH4N3O2P. The highest BCUT2D eigenvalue weighted by molar-refractivity contribution is 7.44.